The lowest BCUT2D eigenvalue weighted by Crippen LogP contribution is -1.92. The van der Waals surface area contributed by atoms with Crippen molar-refractivity contribution in [3.05, 3.63) is 35.9 Å². The van der Waals surface area contributed by atoms with E-state index in [1.165, 1.54) is 16.7 Å². The van der Waals surface area contributed by atoms with Gasteiger partial charge < -0.3 is 0 Å². The van der Waals surface area contributed by atoms with Crippen LogP contribution in [0.3, 0.4) is 0 Å². The Hall–Kier alpha value is -1.37. The van der Waals surface area contributed by atoms with Crippen LogP contribution < -0.4 is 0 Å². The molecular weight excluding hydrogens is 146 g/mol. The Kier molecular flexibility index (Phi) is 1.58. The fourth-order valence-electron chi connectivity index (χ4n) is 1.41. The number of aryl methyl sites for hydroxylation is 1. The van der Waals surface area contributed by atoms with Gasteiger partial charge in [-0.25, -0.2) is 0 Å². The third kappa shape index (κ3) is 1.07. The van der Waals surface area contributed by atoms with Crippen molar-refractivity contribution in [3.8, 4) is 0 Å². The number of fused-ring (bicyclic) bond motifs is 1. The van der Waals surface area contributed by atoms with E-state index in [2.05, 4.69) is 30.6 Å². The van der Waals surface area contributed by atoms with Crippen LogP contribution in [0.5, 0.6) is 0 Å². The maximum Gasteiger partial charge on any atom is 0.0701 e. The number of hydrogen-bond acceptors (Lipinski definition) is 1. The van der Waals surface area contributed by atoms with Crippen LogP contribution in [-0.2, 0) is 0 Å². The topological polar surface area (TPSA) is 12.4 Å². The van der Waals surface area contributed by atoms with E-state index in [0.717, 1.165) is 12.1 Å². The van der Waals surface area contributed by atoms with Crippen molar-refractivity contribution in [1.29, 1.82) is 0 Å². The van der Waals surface area contributed by atoms with Crippen molar-refractivity contribution in [3.63, 3.8) is 0 Å². The first-order valence-electron chi connectivity index (χ1n) is 4.09. The molecule has 1 aromatic carbocycles. The van der Waals surface area contributed by atoms with Crippen molar-refractivity contribution in [2.45, 2.75) is 13.3 Å². The van der Waals surface area contributed by atoms with Crippen LogP contribution in [0.1, 0.15) is 17.5 Å². The molecule has 60 valence electrons. The molecule has 0 saturated heterocycles. The molecule has 0 atom stereocenters. The summed E-state index contributed by atoms with van der Waals surface area (Å²) in [6, 6.07) is 6.27. The Morgan fingerprint density at radius 1 is 1.42 bits per heavy atom. The van der Waals surface area contributed by atoms with Gasteiger partial charge in [-0.2, -0.15) is 0 Å². The number of allylic oxidation sites excluding steroid dienone is 1. The molecule has 0 spiro atoms. The monoisotopic (exact) mass is 157 g/mol. The lowest BCUT2D eigenvalue weighted by atomic mass is 9.99. The third-order valence-corrected chi connectivity index (χ3v) is 2.10. The van der Waals surface area contributed by atoms with Gasteiger partial charge >= 0.3 is 0 Å². The van der Waals surface area contributed by atoms with Gasteiger partial charge in [0.05, 0.1) is 5.69 Å². The molecule has 1 heterocycles. The molecule has 0 fully saturated rings. The van der Waals surface area contributed by atoms with Gasteiger partial charge in [-0.1, -0.05) is 18.2 Å². The molecule has 12 heavy (non-hydrogen) atoms. The summed E-state index contributed by atoms with van der Waals surface area (Å²) in [6.07, 6.45) is 2.80. The molecule has 1 heteroatoms. The van der Waals surface area contributed by atoms with Crippen molar-refractivity contribution in [2.24, 2.45) is 4.99 Å². The van der Waals surface area contributed by atoms with Crippen LogP contribution in [-0.4, -0.2) is 6.21 Å². The predicted molar refractivity (Wildman–Crippen MR) is 53.0 cm³/mol. The smallest absolute Gasteiger partial charge is 0.0701 e. The number of rotatable bonds is 0. The summed E-state index contributed by atoms with van der Waals surface area (Å²) in [6.45, 7) is 6.09. The lowest BCUT2D eigenvalue weighted by Gasteiger charge is -2.12. The molecule has 2 rings (SSSR count). The lowest BCUT2D eigenvalue weighted by molar-refractivity contribution is 1.34. The van der Waals surface area contributed by atoms with Gasteiger partial charge in [0.1, 0.15) is 0 Å². The summed E-state index contributed by atoms with van der Waals surface area (Å²) in [5.74, 6) is 0. The van der Waals surface area contributed by atoms with E-state index >= 15 is 0 Å². The molecule has 0 aromatic heterocycles. The summed E-state index contributed by atoms with van der Waals surface area (Å²) in [7, 11) is 0. The zero-order chi connectivity index (χ0) is 8.55. The molecule has 0 radical (unpaired) electrons. The van der Waals surface area contributed by atoms with E-state index in [1.807, 2.05) is 12.3 Å². The van der Waals surface area contributed by atoms with Crippen LogP contribution in [0.25, 0.3) is 5.57 Å². The molecule has 0 saturated carbocycles. The second kappa shape index (κ2) is 2.59. The quantitative estimate of drug-likeness (QED) is 0.548. The SMILES string of the molecule is C=C1CC=Nc2ccc(C)cc21. The normalized spacial score (nSPS) is 14.6. The van der Waals surface area contributed by atoms with E-state index in [9.17, 15) is 0 Å². The number of nitrogens with zero attached hydrogens (tertiary/aromatic N) is 1. The van der Waals surface area contributed by atoms with Crippen LogP contribution in [0, 0.1) is 6.92 Å². The van der Waals surface area contributed by atoms with Gasteiger partial charge in [-0.15, -0.1) is 0 Å². The van der Waals surface area contributed by atoms with Crippen molar-refractivity contribution in [2.75, 3.05) is 0 Å². The average Bonchev–Trinajstić information content (AvgIpc) is 2.07. The van der Waals surface area contributed by atoms with E-state index < -0.39 is 0 Å². The van der Waals surface area contributed by atoms with E-state index in [0.29, 0.717) is 0 Å². The largest absolute Gasteiger partial charge is 0.260 e. The van der Waals surface area contributed by atoms with Crippen LogP contribution in [0.15, 0.2) is 29.8 Å². The maximum absolute atomic E-state index is 4.30. The van der Waals surface area contributed by atoms with Crippen molar-refractivity contribution < 1.29 is 0 Å². The highest BCUT2D eigenvalue weighted by atomic mass is 14.7. The minimum atomic E-state index is 0.885. The fraction of sp³-hybridized carbons (Fsp3) is 0.182. The molecule has 1 aliphatic heterocycles. The molecule has 0 unspecified atom stereocenters. The number of hydrogen-bond donors (Lipinski definition) is 0. The standard InChI is InChI=1S/C11H11N/c1-8-3-4-11-10(7-8)9(2)5-6-12-11/h3-4,6-7H,2,5H2,1H3. The molecule has 0 bridgehead atoms. The first-order valence-corrected chi connectivity index (χ1v) is 4.09. The Morgan fingerprint density at radius 3 is 3.08 bits per heavy atom. The van der Waals surface area contributed by atoms with Gasteiger partial charge in [0.2, 0.25) is 0 Å². The highest BCUT2D eigenvalue weighted by molar-refractivity contribution is 5.88. The Bertz CT molecular complexity index is 361. The Labute approximate surface area is 72.5 Å². The fourth-order valence-corrected chi connectivity index (χ4v) is 1.41. The summed E-state index contributed by atoms with van der Waals surface area (Å²) >= 11 is 0. The third-order valence-electron chi connectivity index (χ3n) is 2.10. The molecule has 0 amide bonds. The van der Waals surface area contributed by atoms with Crippen LogP contribution >= 0.6 is 0 Å². The summed E-state index contributed by atoms with van der Waals surface area (Å²) in [4.78, 5) is 4.30. The van der Waals surface area contributed by atoms with E-state index in [-0.39, 0.29) is 0 Å². The zero-order valence-corrected chi connectivity index (χ0v) is 7.17. The summed E-state index contributed by atoms with van der Waals surface area (Å²) < 4.78 is 0. The van der Waals surface area contributed by atoms with Gasteiger partial charge in [0, 0.05) is 18.2 Å². The van der Waals surface area contributed by atoms with Gasteiger partial charge in [0.25, 0.3) is 0 Å². The van der Waals surface area contributed by atoms with Gasteiger partial charge in [-0.3, -0.25) is 4.99 Å². The number of aliphatic imine (C=N–C) groups is 1. The summed E-state index contributed by atoms with van der Waals surface area (Å²) in [5, 5.41) is 0. The second-order valence-electron chi connectivity index (χ2n) is 3.14. The average molecular weight is 157 g/mol. The minimum Gasteiger partial charge on any atom is -0.260 e. The Morgan fingerprint density at radius 2 is 2.25 bits per heavy atom. The van der Waals surface area contributed by atoms with E-state index in [1.54, 1.807) is 0 Å². The van der Waals surface area contributed by atoms with Gasteiger partial charge in [0.15, 0.2) is 0 Å². The van der Waals surface area contributed by atoms with Crippen LogP contribution in [0.2, 0.25) is 0 Å². The molecule has 0 N–H and O–H groups in total. The van der Waals surface area contributed by atoms with Crippen molar-refractivity contribution in [1.82, 2.24) is 0 Å². The first kappa shape index (κ1) is 7.29. The minimum absolute atomic E-state index is 0.885. The van der Waals surface area contributed by atoms with E-state index in [4.69, 9.17) is 0 Å². The summed E-state index contributed by atoms with van der Waals surface area (Å²) in [5.41, 5.74) is 4.70. The molecule has 1 nitrogen and oxygen atoms in total. The first-order chi connectivity index (χ1) is 5.77. The van der Waals surface area contributed by atoms with Gasteiger partial charge in [-0.05, 0) is 24.6 Å². The predicted octanol–water partition coefficient (Wildman–Crippen LogP) is 3.11. The molecule has 1 aromatic rings. The second-order valence-corrected chi connectivity index (χ2v) is 3.14. The zero-order valence-electron chi connectivity index (χ0n) is 7.17. The Balaban J connectivity index is 2.63. The molecule has 0 aliphatic carbocycles. The van der Waals surface area contributed by atoms with Crippen molar-refractivity contribution >= 4 is 17.5 Å². The van der Waals surface area contributed by atoms with Crippen LogP contribution in [0.4, 0.5) is 5.69 Å². The highest BCUT2D eigenvalue weighted by Crippen LogP contribution is 2.30. The maximum atomic E-state index is 4.30. The molecule has 1 aliphatic rings. The highest BCUT2D eigenvalue weighted by Gasteiger charge is 2.08. The molecular formula is C11H11N. The number of benzene rings is 1.